The molecule has 3 rings (SSSR count). The fourth-order valence-corrected chi connectivity index (χ4v) is 3.23. The summed E-state index contributed by atoms with van der Waals surface area (Å²) < 4.78 is 14.0. The van der Waals surface area contributed by atoms with E-state index in [1.54, 1.807) is 30.3 Å². The Balaban J connectivity index is 1.67. The molecule has 0 atom stereocenters. The van der Waals surface area contributed by atoms with Crippen molar-refractivity contribution in [1.29, 1.82) is 5.26 Å². The highest BCUT2D eigenvalue weighted by Crippen LogP contribution is 2.27. The summed E-state index contributed by atoms with van der Waals surface area (Å²) >= 11 is 0. The molecule has 0 unspecified atom stereocenters. The van der Waals surface area contributed by atoms with Crippen LogP contribution in [-0.2, 0) is 11.2 Å². The van der Waals surface area contributed by atoms with Crippen LogP contribution >= 0.6 is 0 Å². The Morgan fingerprint density at radius 1 is 1.26 bits per heavy atom. The fourth-order valence-electron chi connectivity index (χ4n) is 3.23. The summed E-state index contributed by atoms with van der Waals surface area (Å²) in [7, 11) is 0. The predicted octanol–water partition coefficient (Wildman–Crippen LogP) is 4.17. The molecule has 1 aromatic heterocycles. The lowest BCUT2D eigenvalue weighted by Crippen LogP contribution is -2.23. The van der Waals surface area contributed by atoms with Crippen molar-refractivity contribution in [3.8, 4) is 6.07 Å². The van der Waals surface area contributed by atoms with Crippen molar-refractivity contribution in [2.24, 2.45) is 0 Å². The molecular formula is C22H20FN3O. The average molecular weight is 361 g/mol. The number of hydrogen-bond acceptors (Lipinski definition) is 2. The molecule has 2 N–H and O–H groups in total. The van der Waals surface area contributed by atoms with E-state index in [1.165, 1.54) is 12.1 Å². The summed E-state index contributed by atoms with van der Waals surface area (Å²) in [6, 6.07) is 12.4. The first-order valence-electron chi connectivity index (χ1n) is 8.72. The first-order valence-corrected chi connectivity index (χ1v) is 8.72. The van der Waals surface area contributed by atoms with Gasteiger partial charge in [-0.05, 0) is 55.2 Å². The lowest BCUT2D eigenvalue weighted by Gasteiger charge is -2.05. The van der Waals surface area contributed by atoms with Gasteiger partial charge in [-0.2, -0.15) is 5.26 Å². The highest BCUT2D eigenvalue weighted by atomic mass is 19.1. The summed E-state index contributed by atoms with van der Waals surface area (Å²) in [4.78, 5) is 15.2. The van der Waals surface area contributed by atoms with E-state index >= 15 is 0 Å². The SMILES string of the molecule is Cc1[nH]c2c(F)ccc(C)c2c1CCNC(=O)C=Cc1ccccc1C#N. The lowest BCUT2D eigenvalue weighted by atomic mass is 10.0. The van der Waals surface area contributed by atoms with E-state index in [9.17, 15) is 9.18 Å². The third kappa shape index (κ3) is 3.90. The van der Waals surface area contributed by atoms with Gasteiger partial charge in [0.1, 0.15) is 5.82 Å². The highest BCUT2D eigenvalue weighted by molar-refractivity contribution is 5.92. The molecule has 27 heavy (non-hydrogen) atoms. The van der Waals surface area contributed by atoms with Crippen molar-refractivity contribution < 1.29 is 9.18 Å². The number of H-pyrrole nitrogens is 1. The fraction of sp³-hybridized carbons (Fsp3) is 0.182. The van der Waals surface area contributed by atoms with Gasteiger partial charge in [-0.1, -0.05) is 24.3 Å². The number of nitrogens with zero attached hydrogens (tertiary/aromatic N) is 1. The maximum Gasteiger partial charge on any atom is 0.244 e. The first kappa shape index (κ1) is 18.4. The number of halogens is 1. The topological polar surface area (TPSA) is 68.7 Å². The van der Waals surface area contributed by atoms with Crippen LogP contribution in [0.15, 0.2) is 42.5 Å². The number of carbonyl (C=O) groups is 1. The second-order valence-corrected chi connectivity index (χ2v) is 6.42. The Hall–Kier alpha value is -3.39. The van der Waals surface area contributed by atoms with Crippen molar-refractivity contribution in [3.05, 3.63) is 76.2 Å². The van der Waals surface area contributed by atoms with E-state index in [-0.39, 0.29) is 11.7 Å². The summed E-state index contributed by atoms with van der Waals surface area (Å²) in [6.45, 7) is 4.30. The van der Waals surface area contributed by atoms with Gasteiger partial charge in [0.05, 0.1) is 17.1 Å². The van der Waals surface area contributed by atoms with Crippen LogP contribution in [0.5, 0.6) is 0 Å². The number of nitriles is 1. The van der Waals surface area contributed by atoms with Gasteiger partial charge >= 0.3 is 0 Å². The van der Waals surface area contributed by atoms with Gasteiger partial charge in [-0.3, -0.25) is 4.79 Å². The Morgan fingerprint density at radius 3 is 2.81 bits per heavy atom. The van der Waals surface area contributed by atoms with Crippen LogP contribution in [0.2, 0.25) is 0 Å². The minimum absolute atomic E-state index is 0.233. The molecule has 136 valence electrons. The minimum atomic E-state index is -0.270. The summed E-state index contributed by atoms with van der Waals surface area (Å²) in [5, 5.41) is 12.8. The van der Waals surface area contributed by atoms with Gasteiger partial charge in [0.2, 0.25) is 5.91 Å². The minimum Gasteiger partial charge on any atom is -0.356 e. The molecule has 0 saturated heterocycles. The molecule has 0 aliphatic rings. The number of aromatic amines is 1. The number of amides is 1. The van der Waals surface area contributed by atoms with Crippen molar-refractivity contribution in [3.63, 3.8) is 0 Å². The van der Waals surface area contributed by atoms with E-state index in [1.807, 2.05) is 19.9 Å². The van der Waals surface area contributed by atoms with Gasteiger partial charge < -0.3 is 10.3 Å². The molecule has 0 spiro atoms. The molecule has 4 nitrogen and oxygen atoms in total. The molecule has 3 aromatic rings. The zero-order chi connectivity index (χ0) is 19.4. The molecule has 2 aromatic carbocycles. The average Bonchev–Trinajstić information content (AvgIpc) is 3.01. The second kappa shape index (κ2) is 7.88. The normalized spacial score (nSPS) is 11.0. The number of aryl methyl sites for hydroxylation is 2. The molecule has 5 heteroatoms. The lowest BCUT2D eigenvalue weighted by molar-refractivity contribution is -0.116. The number of benzene rings is 2. The molecule has 0 aliphatic carbocycles. The molecule has 1 amide bonds. The Labute approximate surface area is 157 Å². The van der Waals surface area contributed by atoms with E-state index < -0.39 is 0 Å². The van der Waals surface area contributed by atoms with Crippen LogP contribution in [0, 0.1) is 31.0 Å². The third-order valence-corrected chi connectivity index (χ3v) is 4.60. The maximum absolute atomic E-state index is 14.0. The summed E-state index contributed by atoms with van der Waals surface area (Å²) in [5.74, 6) is -0.504. The number of rotatable bonds is 5. The van der Waals surface area contributed by atoms with E-state index in [2.05, 4.69) is 16.4 Å². The van der Waals surface area contributed by atoms with Gasteiger partial charge in [0, 0.05) is 23.7 Å². The van der Waals surface area contributed by atoms with E-state index in [0.29, 0.717) is 29.6 Å². The van der Waals surface area contributed by atoms with Crippen LogP contribution < -0.4 is 5.32 Å². The predicted molar refractivity (Wildman–Crippen MR) is 105 cm³/mol. The van der Waals surface area contributed by atoms with Crippen LogP contribution in [0.4, 0.5) is 4.39 Å². The highest BCUT2D eigenvalue weighted by Gasteiger charge is 2.13. The van der Waals surface area contributed by atoms with Crippen molar-refractivity contribution in [2.45, 2.75) is 20.3 Å². The molecule has 0 aliphatic heterocycles. The van der Waals surface area contributed by atoms with E-state index in [4.69, 9.17) is 5.26 Å². The zero-order valence-electron chi connectivity index (χ0n) is 15.3. The van der Waals surface area contributed by atoms with Crippen LogP contribution in [0.25, 0.3) is 17.0 Å². The molecule has 0 radical (unpaired) electrons. The smallest absolute Gasteiger partial charge is 0.244 e. The van der Waals surface area contributed by atoms with Crippen molar-refractivity contribution in [2.75, 3.05) is 6.54 Å². The number of nitrogens with one attached hydrogen (secondary N) is 2. The monoisotopic (exact) mass is 361 g/mol. The Bertz CT molecular complexity index is 1070. The standard InChI is InChI=1S/C22H20FN3O/c1-14-7-9-19(23)22-21(14)18(15(2)26-22)11-12-25-20(27)10-8-16-5-3-4-6-17(16)13-24/h3-10,26H,11-12H2,1-2H3,(H,25,27). The molecule has 1 heterocycles. The van der Waals surface area contributed by atoms with Gasteiger partial charge in [-0.25, -0.2) is 4.39 Å². The number of fused-ring (bicyclic) bond motifs is 1. The number of carbonyl (C=O) groups excluding carboxylic acids is 1. The number of hydrogen-bond donors (Lipinski definition) is 2. The molecule has 0 saturated carbocycles. The summed E-state index contributed by atoms with van der Waals surface area (Å²) in [6.07, 6.45) is 3.65. The van der Waals surface area contributed by atoms with Crippen LogP contribution in [0.1, 0.15) is 27.9 Å². The third-order valence-electron chi connectivity index (χ3n) is 4.60. The largest absolute Gasteiger partial charge is 0.356 e. The number of aromatic nitrogens is 1. The van der Waals surface area contributed by atoms with Gasteiger partial charge in [0.25, 0.3) is 0 Å². The second-order valence-electron chi connectivity index (χ2n) is 6.42. The van der Waals surface area contributed by atoms with Crippen molar-refractivity contribution in [1.82, 2.24) is 10.3 Å². The van der Waals surface area contributed by atoms with Gasteiger partial charge in [-0.15, -0.1) is 0 Å². The molecule has 0 bridgehead atoms. The van der Waals surface area contributed by atoms with E-state index in [0.717, 1.165) is 22.2 Å². The maximum atomic E-state index is 14.0. The zero-order valence-corrected chi connectivity index (χ0v) is 15.3. The van der Waals surface area contributed by atoms with Gasteiger partial charge in [0.15, 0.2) is 0 Å². The quantitative estimate of drug-likeness (QED) is 0.670. The summed E-state index contributed by atoms with van der Waals surface area (Å²) in [5.41, 5.74) is 4.67. The Morgan fingerprint density at radius 2 is 2.04 bits per heavy atom. The molecule has 0 fully saturated rings. The molecular weight excluding hydrogens is 341 g/mol. The van der Waals surface area contributed by atoms with Crippen molar-refractivity contribution >= 4 is 22.9 Å². The van der Waals surface area contributed by atoms with Crippen LogP contribution in [-0.4, -0.2) is 17.4 Å². The Kier molecular flexibility index (Phi) is 5.37. The first-order chi connectivity index (χ1) is 13.0. The van der Waals surface area contributed by atoms with Crippen LogP contribution in [0.3, 0.4) is 0 Å².